The highest BCUT2D eigenvalue weighted by Gasteiger charge is 2.30. The number of likely N-dealkylation sites (tertiary alicyclic amines) is 1. The third-order valence-corrected chi connectivity index (χ3v) is 7.07. The van der Waals surface area contributed by atoms with E-state index in [0.717, 1.165) is 17.2 Å². The molecule has 4 aromatic rings. The number of carbonyl (C=O) groups is 2. The number of benzene rings is 2. The molecule has 1 aliphatic heterocycles. The highest BCUT2D eigenvalue weighted by atomic mass is 19.1. The lowest BCUT2D eigenvalue weighted by Crippen LogP contribution is -2.42. The van der Waals surface area contributed by atoms with Crippen molar-refractivity contribution < 1.29 is 23.5 Å². The van der Waals surface area contributed by atoms with Crippen LogP contribution in [0, 0.1) is 5.82 Å². The summed E-state index contributed by atoms with van der Waals surface area (Å²) in [5.74, 6) is -0.341. The number of nitrogen functional groups attached to an aromatic ring is 1. The molecule has 0 atom stereocenters. The van der Waals surface area contributed by atoms with Gasteiger partial charge < -0.3 is 25.4 Å². The predicted octanol–water partition coefficient (Wildman–Crippen LogP) is 4.73. The minimum Gasteiger partial charge on any atom is -0.496 e. The van der Waals surface area contributed by atoms with Crippen LogP contribution in [0.1, 0.15) is 55.6 Å². The molecule has 11 nitrogen and oxygen atoms in total. The van der Waals surface area contributed by atoms with E-state index >= 15 is 0 Å². The predicted molar refractivity (Wildman–Crippen MR) is 155 cm³/mol. The van der Waals surface area contributed by atoms with Gasteiger partial charge in [-0.25, -0.2) is 23.8 Å². The van der Waals surface area contributed by atoms with Crippen molar-refractivity contribution in [1.82, 2.24) is 30.0 Å². The van der Waals surface area contributed by atoms with Crippen LogP contribution in [-0.2, 0) is 11.3 Å². The molecular weight excluding hydrogens is 541 g/mol. The molecule has 2 amide bonds. The Balaban J connectivity index is 1.32. The number of halogens is 1. The number of nitrogens with zero attached hydrogens (tertiary/aromatic N) is 5. The van der Waals surface area contributed by atoms with Crippen LogP contribution in [0.3, 0.4) is 0 Å². The molecule has 0 spiro atoms. The number of hydrogen-bond acceptors (Lipinski definition) is 8. The van der Waals surface area contributed by atoms with Crippen LogP contribution in [0.2, 0.25) is 0 Å². The number of aromatic nitrogens is 4. The summed E-state index contributed by atoms with van der Waals surface area (Å²) in [5, 5.41) is 8.39. The van der Waals surface area contributed by atoms with Gasteiger partial charge in [-0.3, -0.25) is 4.79 Å². The van der Waals surface area contributed by atoms with Crippen molar-refractivity contribution in [3.63, 3.8) is 0 Å². The largest absolute Gasteiger partial charge is 0.496 e. The Kier molecular flexibility index (Phi) is 7.97. The van der Waals surface area contributed by atoms with Gasteiger partial charge in [0.1, 0.15) is 35.0 Å². The van der Waals surface area contributed by atoms with E-state index in [9.17, 15) is 14.0 Å². The Bertz CT molecular complexity index is 1610. The Morgan fingerprint density at radius 2 is 1.81 bits per heavy atom. The normalized spacial score (nSPS) is 14.2. The first kappa shape index (κ1) is 28.8. The number of carbonyl (C=O) groups excluding carboxylic acids is 2. The maximum atomic E-state index is 13.7. The number of hydrogen-bond donors (Lipinski definition) is 2. The molecule has 2 aromatic carbocycles. The van der Waals surface area contributed by atoms with Crippen molar-refractivity contribution in [3.8, 4) is 17.0 Å². The molecule has 3 N–H and O–H groups in total. The first-order valence-corrected chi connectivity index (χ1v) is 13.7. The van der Waals surface area contributed by atoms with Gasteiger partial charge in [-0.1, -0.05) is 24.3 Å². The summed E-state index contributed by atoms with van der Waals surface area (Å²) in [6.45, 7) is 6.87. The fourth-order valence-electron chi connectivity index (χ4n) is 4.99. The van der Waals surface area contributed by atoms with Gasteiger partial charge in [-0.15, -0.1) is 0 Å². The second-order valence-corrected chi connectivity index (χ2v) is 11.2. The van der Waals surface area contributed by atoms with Crippen LogP contribution < -0.4 is 15.8 Å². The summed E-state index contributed by atoms with van der Waals surface area (Å²) in [4.78, 5) is 35.6. The topological polar surface area (TPSA) is 137 Å². The van der Waals surface area contributed by atoms with Crippen molar-refractivity contribution in [2.24, 2.45) is 0 Å². The maximum Gasteiger partial charge on any atom is 0.410 e. The minimum absolute atomic E-state index is 0.0172. The number of amides is 2. The zero-order valence-electron chi connectivity index (χ0n) is 24.1. The molecule has 42 heavy (non-hydrogen) atoms. The van der Waals surface area contributed by atoms with Crippen LogP contribution in [0.25, 0.3) is 22.3 Å². The maximum absolute atomic E-state index is 13.7. The smallest absolute Gasteiger partial charge is 0.410 e. The molecule has 0 unspecified atom stereocenters. The van der Waals surface area contributed by atoms with E-state index in [2.05, 4.69) is 15.3 Å². The second-order valence-electron chi connectivity index (χ2n) is 11.2. The molecule has 12 heteroatoms. The average Bonchev–Trinajstić information content (AvgIpc) is 3.36. The fraction of sp³-hybridized carbons (Fsp3) is 0.367. The average molecular weight is 576 g/mol. The first-order chi connectivity index (χ1) is 20.0. The first-order valence-electron chi connectivity index (χ1n) is 13.7. The van der Waals surface area contributed by atoms with Crippen molar-refractivity contribution in [3.05, 3.63) is 65.7 Å². The van der Waals surface area contributed by atoms with Gasteiger partial charge in [-0.2, -0.15) is 5.10 Å². The monoisotopic (exact) mass is 575 g/mol. The zero-order valence-corrected chi connectivity index (χ0v) is 24.1. The molecule has 2 aromatic heterocycles. The molecule has 0 radical (unpaired) electrons. The molecular formula is C30H34FN7O4. The standard InChI is InChI=1S/C30H34FN7O4/c1-30(2,3)42-29(40)37-13-11-21(12-14-37)38-27-24(26(32)34-17-35-27)25(36-38)19-7-5-18(6-8-19)16-33-28(39)22-15-20(31)9-10-23(22)41-4/h5-10,15,17,21H,11-14,16H2,1-4H3,(H,33,39)(H2,32,34,35). The zero-order chi connectivity index (χ0) is 30.0. The van der Waals surface area contributed by atoms with E-state index in [4.69, 9.17) is 20.3 Å². The van der Waals surface area contributed by atoms with E-state index in [1.165, 1.54) is 25.6 Å². The van der Waals surface area contributed by atoms with Crippen molar-refractivity contribution >= 4 is 28.9 Å². The summed E-state index contributed by atoms with van der Waals surface area (Å²) >= 11 is 0. The molecule has 0 bridgehead atoms. The van der Waals surface area contributed by atoms with Crippen molar-refractivity contribution in [2.45, 2.75) is 51.8 Å². The molecule has 1 fully saturated rings. The Labute approximate surface area is 242 Å². The van der Waals surface area contributed by atoms with Gasteiger partial charge in [-0.05, 0) is 57.4 Å². The van der Waals surface area contributed by atoms with E-state index in [1.54, 1.807) is 4.90 Å². The van der Waals surface area contributed by atoms with E-state index in [0.29, 0.717) is 54.2 Å². The summed E-state index contributed by atoms with van der Waals surface area (Å²) in [6, 6.07) is 11.4. The van der Waals surface area contributed by atoms with Crippen LogP contribution in [0.15, 0.2) is 48.8 Å². The quantitative estimate of drug-likeness (QED) is 0.337. The van der Waals surface area contributed by atoms with E-state index in [1.807, 2.05) is 49.7 Å². The van der Waals surface area contributed by atoms with Gasteiger partial charge >= 0.3 is 6.09 Å². The van der Waals surface area contributed by atoms with Crippen LogP contribution in [-0.4, -0.2) is 62.4 Å². The number of nitrogens with two attached hydrogens (primary N) is 1. The summed E-state index contributed by atoms with van der Waals surface area (Å²) < 4.78 is 26.3. The molecule has 220 valence electrons. The molecule has 1 aliphatic rings. The van der Waals surface area contributed by atoms with Crippen molar-refractivity contribution in [2.75, 3.05) is 25.9 Å². The number of methoxy groups -OCH3 is 1. The van der Waals surface area contributed by atoms with E-state index < -0.39 is 17.3 Å². The lowest BCUT2D eigenvalue weighted by Gasteiger charge is -2.33. The number of fused-ring (bicyclic) bond motifs is 1. The third-order valence-electron chi connectivity index (χ3n) is 7.07. The van der Waals surface area contributed by atoms with Gasteiger partial charge in [0.05, 0.1) is 24.1 Å². The molecule has 0 aliphatic carbocycles. The molecule has 5 rings (SSSR count). The molecule has 3 heterocycles. The highest BCUT2D eigenvalue weighted by Crippen LogP contribution is 2.34. The Hall–Kier alpha value is -4.74. The van der Waals surface area contributed by atoms with Gasteiger partial charge in [0.2, 0.25) is 0 Å². The van der Waals surface area contributed by atoms with Crippen molar-refractivity contribution in [1.29, 1.82) is 0 Å². The Morgan fingerprint density at radius 3 is 2.48 bits per heavy atom. The lowest BCUT2D eigenvalue weighted by atomic mass is 10.1. The fourth-order valence-corrected chi connectivity index (χ4v) is 4.99. The second kappa shape index (κ2) is 11.6. The van der Waals surface area contributed by atoms with E-state index in [-0.39, 0.29) is 24.2 Å². The van der Waals surface area contributed by atoms with Crippen LogP contribution >= 0.6 is 0 Å². The third kappa shape index (κ3) is 6.12. The molecule has 1 saturated heterocycles. The number of piperidine rings is 1. The summed E-state index contributed by atoms with van der Waals surface area (Å²) in [7, 11) is 1.43. The Morgan fingerprint density at radius 1 is 1.10 bits per heavy atom. The number of ether oxygens (including phenoxy) is 2. The highest BCUT2D eigenvalue weighted by molar-refractivity contribution is 5.98. The summed E-state index contributed by atoms with van der Waals surface area (Å²) in [6.07, 6.45) is 2.49. The minimum atomic E-state index is -0.550. The number of anilines is 1. The van der Waals surface area contributed by atoms with Gasteiger partial charge in [0.15, 0.2) is 5.65 Å². The van der Waals surface area contributed by atoms with Gasteiger partial charge in [0, 0.05) is 25.2 Å². The lowest BCUT2D eigenvalue weighted by molar-refractivity contribution is 0.0186. The van der Waals surface area contributed by atoms with Crippen LogP contribution in [0.4, 0.5) is 15.0 Å². The number of nitrogens with one attached hydrogen (secondary N) is 1. The SMILES string of the molecule is COc1ccc(F)cc1C(=O)NCc1ccc(-c2nn(C3CCN(C(=O)OC(C)(C)C)CC3)c3ncnc(N)c23)cc1. The number of rotatable bonds is 6. The van der Waals surface area contributed by atoms with Crippen LogP contribution in [0.5, 0.6) is 5.75 Å². The summed E-state index contributed by atoms with van der Waals surface area (Å²) in [5.41, 5.74) is 8.81. The van der Waals surface area contributed by atoms with Gasteiger partial charge in [0.25, 0.3) is 5.91 Å². The molecule has 0 saturated carbocycles.